The molecule has 24 heavy (non-hydrogen) atoms. The summed E-state index contributed by atoms with van der Waals surface area (Å²) in [6.07, 6.45) is 13.5. The van der Waals surface area contributed by atoms with Gasteiger partial charge < -0.3 is 5.11 Å². The molecule has 0 bridgehead atoms. The maximum Gasteiger partial charge on any atom is 0.155 e. The van der Waals surface area contributed by atoms with Gasteiger partial charge in [0.2, 0.25) is 0 Å². The summed E-state index contributed by atoms with van der Waals surface area (Å²) in [5.41, 5.74) is -1.01. The predicted molar refractivity (Wildman–Crippen MR) is 88.8 cm³/mol. The standard InChI is InChI=1S/C20H26O4/c1-3-19(22)10-8-16-15-5-4-13-12-14(21)6-11-20(13,24-23)17(15)7-9-18(16,19)2/h1,12,15-17,22-23H,4-11H2,2H3/t15-,16-,17-,18-,19-,20+/m0/s1. The maximum atomic E-state index is 11.8. The van der Waals surface area contributed by atoms with Gasteiger partial charge in [0.15, 0.2) is 5.78 Å². The molecule has 2 N–H and O–H groups in total. The monoisotopic (exact) mass is 330 g/mol. The van der Waals surface area contributed by atoms with Crippen molar-refractivity contribution in [3.05, 3.63) is 11.6 Å². The summed E-state index contributed by atoms with van der Waals surface area (Å²) in [5.74, 6) is 3.75. The van der Waals surface area contributed by atoms with Gasteiger partial charge in [0.1, 0.15) is 11.2 Å². The number of rotatable bonds is 1. The lowest BCUT2D eigenvalue weighted by molar-refractivity contribution is -0.342. The van der Waals surface area contributed by atoms with E-state index in [2.05, 4.69) is 12.8 Å². The molecule has 3 saturated carbocycles. The third kappa shape index (κ3) is 1.84. The lowest BCUT2D eigenvalue weighted by atomic mass is 9.49. The van der Waals surface area contributed by atoms with Gasteiger partial charge in [-0.2, -0.15) is 0 Å². The average molecular weight is 330 g/mol. The first kappa shape index (κ1) is 16.3. The molecule has 4 heteroatoms. The number of ketones is 1. The molecule has 0 aromatic rings. The SMILES string of the molecule is C#C[C@]1(O)CC[C@H]2[C@@H]3CCC4=CC(=O)CC[C@]4(OO)[C@H]3CC[C@@]21C. The molecule has 3 fully saturated rings. The minimum absolute atomic E-state index is 0.138. The lowest BCUT2D eigenvalue weighted by Gasteiger charge is -2.57. The zero-order valence-electron chi connectivity index (χ0n) is 14.3. The van der Waals surface area contributed by atoms with Crippen LogP contribution >= 0.6 is 0 Å². The summed E-state index contributed by atoms with van der Waals surface area (Å²) in [4.78, 5) is 17.0. The fourth-order valence-corrected chi connectivity index (χ4v) is 6.58. The molecule has 0 saturated heterocycles. The van der Waals surface area contributed by atoms with Gasteiger partial charge in [-0.1, -0.05) is 12.8 Å². The second-order valence-corrected chi connectivity index (χ2v) is 8.53. The van der Waals surface area contributed by atoms with Crippen LogP contribution in [0.1, 0.15) is 58.3 Å². The highest BCUT2D eigenvalue weighted by atomic mass is 17.1. The molecule has 0 unspecified atom stereocenters. The van der Waals surface area contributed by atoms with Crippen LogP contribution in [-0.2, 0) is 9.68 Å². The predicted octanol–water partition coefficient (Wildman–Crippen LogP) is 3.10. The minimum Gasteiger partial charge on any atom is -0.377 e. The Balaban J connectivity index is 1.72. The molecule has 0 aromatic carbocycles. The van der Waals surface area contributed by atoms with Gasteiger partial charge in [-0.25, -0.2) is 4.89 Å². The number of fused-ring (bicyclic) bond motifs is 5. The average Bonchev–Trinajstić information content (AvgIpc) is 2.86. The van der Waals surface area contributed by atoms with E-state index in [1.54, 1.807) is 6.08 Å². The van der Waals surface area contributed by atoms with Gasteiger partial charge in [0.05, 0.1) is 0 Å². The molecule has 6 atom stereocenters. The lowest BCUT2D eigenvalue weighted by Crippen LogP contribution is -2.58. The maximum absolute atomic E-state index is 11.8. The summed E-state index contributed by atoms with van der Waals surface area (Å²) in [6, 6.07) is 0. The number of terminal acetylenes is 1. The van der Waals surface area contributed by atoms with Crippen LogP contribution in [0, 0.1) is 35.5 Å². The summed E-state index contributed by atoms with van der Waals surface area (Å²) < 4.78 is 0. The number of aliphatic hydroxyl groups is 1. The molecule has 4 nitrogen and oxygen atoms in total. The number of carbonyl (C=O) groups excluding carboxylic acids is 1. The highest BCUT2D eigenvalue weighted by molar-refractivity contribution is 5.92. The van der Waals surface area contributed by atoms with Crippen LogP contribution in [0.3, 0.4) is 0 Å². The smallest absolute Gasteiger partial charge is 0.155 e. The van der Waals surface area contributed by atoms with Crippen LogP contribution < -0.4 is 0 Å². The van der Waals surface area contributed by atoms with Crippen molar-refractivity contribution in [1.82, 2.24) is 0 Å². The van der Waals surface area contributed by atoms with Crippen LogP contribution in [0.2, 0.25) is 0 Å². The first-order valence-corrected chi connectivity index (χ1v) is 9.17. The Morgan fingerprint density at radius 1 is 1.21 bits per heavy atom. The quantitative estimate of drug-likeness (QED) is 0.440. The van der Waals surface area contributed by atoms with Crippen molar-refractivity contribution in [3.8, 4) is 12.3 Å². The summed E-state index contributed by atoms with van der Waals surface area (Å²) >= 11 is 0. The highest BCUT2D eigenvalue weighted by Gasteiger charge is 2.65. The van der Waals surface area contributed by atoms with Crippen molar-refractivity contribution >= 4 is 5.78 Å². The van der Waals surface area contributed by atoms with Crippen LogP contribution in [0.4, 0.5) is 0 Å². The van der Waals surface area contributed by atoms with Crippen LogP contribution in [0.25, 0.3) is 0 Å². The van der Waals surface area contributed by atoms with Gasteiger partial charge in [0, 0.05) is 11.8 Å². The molecule has 0 radical (unpaired) electrons. The number of carbonyl (C=O) groups is 1. The molecule has 0 aromatic heterocycles. The number of hydrogen-bond acceptors (Lipinski definition) is 4. The van der Waals surface area contributed by atoms with Crippen molar-refractivity contribution < 1.29 is 20.0 Å². The molecule has 0 heterocycles. The topological polar surface area (TPSA) is 66.8 Å². The Hall–Kier alpha value is -1.15. The molecule has 4 aliphatic carbocycles. The molecular weight excluding hydrogens is 304 g/mol. The van der Waals surface area contributed by atoms with E-state index in [1.807, 2.05) is 0 Å². The van der Waals surface area contributed by atoms with Gasteiger partial charge in [0.25, 0.3) is 0 Å². The molecule has 0 aliphatic heterocycles. The zero-order chi connectivity index (χ0) is 17.2. The van der Waals surface area contributed by atoms with E-state index in [4.69, 9.17) is 11.3 Å². The Kier molecular flexibility index (Phi) is 3.52. The Bertz CT molecular complexity index is 647. The van der Waals surface area contributed by atoms with Gasteiger partial charge in [-0.05, 0) is 74.3 Å². The van der Waals surface area contributed by atoms with Crippen LogP contribution in [-0.4, -0.2) is 27.3 Å². The summed E-state index contributed by atoms with van der Waals surface area (Å²) in [5, 5.41) is 20.8. The molecule has 4 rings (SSSR count). The van der Waals surface area contributed by atoms with E-state index in [9.17, 15) is 15.2 Å². The van der Waals surface area contributed by atoms with Crippen molar-refractivity contribution in [3.63, 3.8) is 0 Å². The first-order chi connectivity index (χ1) is 11.4. The molecule has 0 amide bonds. The van der Waals surface area contributed by atoms with E-state index in [0.717, 1.165) is 37.7 Å². The molecule has 4 aliphatic rings. The zero-order valence-corrected chi connectivity index (χ0v) is 14.3. The Labute approximate surface area is 143 Å². The van der Waals surface area contributed by atoms with E-state index in [1.165, 1.54) is 0 Å². The third-order valence-electron chi connectivity index (χ3n) is 7.96. The number of hydrogen-bond donors (Lipinski definition) is 2. The highest BCUT2D eigenvalue weighted by Crippen LogP contribution is 2.65. The summed E-state index contributed by atoms with van der Waals surface area (Å²) in [6.45, 7) is 2.14. The minimum atomic E-state index is -1.02. The Morgan fingerprint density at radius 3 is 2.67 bits per heavy atom. The molecular formula is C20H26O4. The van der Waals surface area contributed by atoms with Crippen molar-refractivity contribution in [1.29, 1.82) is 0 Å². The fraction of sp³-hybridized carbons (Fsp3) is 0.750. The normalized spacial score (nSPS) is 50.3. The van der Waals surface area contributed by atoms with Gasteiger partial charge in [-0.15, -0.1) is 6.42 Å². The second kappa shape index (κ2) is 5.17. The van der Waals surface area contributed by atoms with E-state index in [-0.39, 0.29) is 17.1 Å². The fourth-order valence-electron chi connectivity index (χ4n) is 6.58. The van der Waals surface area contributed by atoms with E-state index >= 15 is 0 Å². The largest absolute Gasteiger partial charge is 0.377 e. The second-order valence-electron chi connectivity index (χ2n) is 8.53. The Morgan fingerprint density at radius 2 is 1.96 bits per heavy atom. The molecule has 130 valence electrons. The van der Waals surface area contributed by atoms with Crippen molar-refractivity contribution in [2.24, 2.45) is 23.2 Å². The van der Waals surface area contributed by atoms with E-state index < -0.39 is 11.2 Å². The van der Waals surface area contributed by atoms with Crippen LogP contribution in [0.5, 0.6) is 0 Å². The van der Waals surface area contributed by atoms with Crippen LogP contribution in [0.15, 0.2) is 11.6 Å². The third-order valence-corrected chi connectivity index (χ3v) is 7.96. The van der Waals surface area contributed by atoms with Gasteiger partial charge >= 0.3 is 0 Å². The van der Waals surface area contributed by atoms with E-state index in [0.29, 0.717) is 31.1 Å². The van der Waals surface area contributed by atoms with Crippen molar-refractivity contribution in [2.75, 3.05) is 0 Å². The van der Waals surface area contributed by atoms with Crippen molar-refractivity contribution in [2.45, 2.75) is 69.5 Å². The van der Waals surface area contributed by atoms with Gasteiger partial charge in [-0.3, -0.25) is 10.1 Å². The first-order valence-electron chi connectivity index (χ1n) is 9.17. The summed E-state index contributed by atoms with van der Waals surface area (Å²) in [7, 11) is 0. The molecule has 0 spiro atoms.